The minimum Gasteiger partial charge on any atom is -0.497 e. The van der Waals surface area contributed by atoms with Gasteiger partial charge in [-0.2, -0.15) is 0 Å². The number of methoxy groups -OCH3 is 1. The quantitative estimate of drug-likeness (QED) is 0.716. The summed E-state index contributed by atoms with van der Waals surface area (Å²) in [6, 6.07) is 11.1. The molecule has 3 heterocycles. The van der Waals surface area contributed by atoms with E-state index >= 15 is 0 Å². The van der Waals surface area contributed by atoms with Crippen molar-refractivity contribution < 1.29 is 14.3 Å². The van der Waals surface area contributed by atoms with Crippen molar-refractivity contribution in [1.82, 2.24) is 24.8 Å². The summed E-state index contributed by atoms with van der Waals surface area (Å²) in [5.41, 5.74) is 2.17. The Labute approximate surface area is 168 Å². The van der Waals surface area contributed by atoms with Crippen LogP contribution in [-0.2, 0) is 11.3 Å². The van der Waals surface area contributed by atoms with Crippen LogP contribution < -0.4 is 10.1 Å². The Bertz CT molecular complexity index is 1060. The summed E-state index contributed by atoms with van der Waals surface area (Å²) in [6.07, 6.45) is 2.61. The average Bonchev–Trinajstić information content (AvgIpc) is 3.38. The molecule has 1 aliphatic rings. The van der Waals surface area contributed by atoms with Gasteiger partial charge in [-0.3, -0.25) is 14.0 Å². The van der Waals surface area contributed by atoms with E-state index in [1.165, 1.54) is 0 Å². The second-order valence-electron chi connectivity index (χ2n) is 7.19. The zero-order valence-electron chi connectivity index (χ0n) is 16.5. The summed E-state index contributed by atoms with van der Waals surface area (Å²) in [5, 5.41) is 11.5. The summed E-state index contributed by atoms with van der Waals surface area (Å²) in [7, 11) is 1.61. The number of ether oxygens (including phenoxy) is 1. The Morgan fingerprint density at radius 2 is 2.10 bits per heavy atom. The molecule has 0 unspecified atom stereocenters. The number of hydrogen-bond acceptors (Lipinski definition) is 5. The Morgan fingerprint density at radius 3 is 2.86 bits per heavy atom. The molecular formula is C21H23N5O3. The third kappa shape index (κ3) is 3.91. The fourth-order valence-corrected chi connectivity index (χ4v) is 3.65. The van der Waals surface area contributed by atoms with Gasteiger partial charge in [-0.15, -0.1) is 10.2 Å². The smallest absolute Gasteiger partial charge is 0.253 e. The number of amides is 2. The summed E-state index contributed by atoms with van der Waals surface area (Å²) in [5.74, 6) is 1.55. The molecular weight excluding hydrogens is 370 g/mol. The van der Waals surface area contributed by atoms with Crippen molar-refractivity contribution in [3.63, 3.8) is 0 Å². The molecule has 0 aliphatic carbocycles. The lowest BCUT2D eigenvalue weighted by Crippen LogP contribution is -2.25. The third-order valence-electron chi connectivity index (χ3n) is 5.28. The molecule has 0 radical (unpaired) electrons. The molecule has 0 bridgehead atoms. The third-order valence-corrected chi connectivity index (χ3v) is 5.28. The molecule has 8 heteroatoms. The number of benzene rings is 1. The van der Waals surface area contributed by atoms with E-state index in [1.54, 1.807) is 32.4 Å². The van der Waals surface area contributed by atoms with Gasteiger partial charge in [0.25, 0.3) is 5.91 Å². The number of nitrogens with one attached hydrogen (secondary N) is 1. The Hall–Kier alpha value is -3.42. The van der Waals surface area contributed by atoms with Gasteiger partial charge in [0.15, 0.2) is 5.65 Å². The first-order valence-corrected chi connectivity index (χ1v) is 9.56. The average molecular weight is 393 g/mol. The number of nitrogens with zero attached hydrogens (tertiary/aromatic N) is 4. The van der Waals surface area contributed by atoms with Gasteiger partial charge >= 0.3 is 0 Å². The standard InChI is InChI=1S/C21H23N5O3/c1-14(27)25-9-8-16(12-25)20-24-23-19-7-6-17(13-26(19)20)21(28)22-11-15-4-3-5-18(10-15)29-2/h3-7,10,13,16H,8-9,11-12H2,1-2H3,(H,22,28)/t16-/m1/s1. The van der Waals surface area contributed by atoms with Gasteiger partial charge in [-0.25, -0.2) is 0 Å². The zero-order valence-corrected chi connectivity index (χ0v) is 16.5. The lowest BCUT2D eigenvalue weighted by molar-refractivity contribution is -0.127. The van der Waals surface area contributed by atoms with Crippen LogP contribution in [0.2, 0.25) is 0 Å². The van der Waals surface area contributed by atoms with E-state index in [0.717, 1.165) is 30.1 Å². The van der Waals surface area contributed by atoms with Crippen LogP contribution in [0.4, 0.5) is 0 Å². The van der Waals surface area contributed by atoms with Gasteiger partial charge in [0.1, 0.15) is 11.6 Å². The SMILES string of the molecule is COc1cccc(CNC(=O)c2ccc3nnc([C@@H]4CCN(C(C)=O)C4)n3c2)c1. The van der Waals surface area contributed by atoms with Crippen LogP contribution >= 0.6 is 0 Å². The summed E-state index contributed by atoms with van der Waals surface area (Å²) in [6.45, 7) is 3.33. The fraction of sp³-hybridized carbons (Fsp3) is 0.333. The van der Waals surface area contributed by atoms with E-state index in [1.807, 2.05) is 33.6 Å². The molecule has 1 fully saturated rings. The van der Waals surface area contributed by atoms with Crippen molar-refractivity contribution in [2.24, 2.45) is 0 Å². The molecule has 3 aromatic rings. The lowest BCUT2D eigenvalue weighted by atomic mass is 10.1. The summed E-state index contributed by atoms with van der Waals surface area (Å²) >= 11 is 0. The maximum absolute atomic E-state index is 12.7. The second kappa shape index (κ2) is 7.90. The number of rotatable bonds is 5. The van der Waals surface area contributed by atoms with Gasteiger partial charge in [-0.1, -0.05) is 12.1 Å². The Kier molecular flexibility index (Phi) is 5.16. The monoisotopic (exact) mass is 393 g/mol. The first-order valence-electron chi connectivity index (χ1n) is 9.56. The number of carbonyl (C=O) groups excluding carboxylic acids is 2. The minimum absolute atomic E-state index is 0.0685. The van der Waals surface area contributed by atoms with E-state index < -0.39 is 0 Å². The lowest BCUT2D eigenvalue weighted by Gasteiger charge is -2.13. The van der Waals surface area contributed by atoms with Crippen LogP contribution in [-0.4, -0.2) is 51.5 Å². The molecule has 150 valence electrons. The second-order valence-corrected chi connectivity index (χ2v) is 7.19. The van der Waals surface area contributed by atoms with Crippen molar-refractivity contribution in [3.05, 3.63) is 59.5 Å². The van der Waals surface area contributed by atoms with E-state index in [4.69, 9.17) is 4.74 Å². The van der Waals surface area contributed by atoms with Crippen molar-refractivity contribution in [2.45, 2.75) is 25.8 Å². The largest absolute Gasteiger partial charge is 0.497 e. The number of hydrogen-bond donors (Lipinski definition) is 1. The number of carbonyl (C=O) groups is 2. The van der Waals surface area contributed by atoms with Crippen molar-refractivity contribution >= 4 is 17.5 Å². The zero-order chi connectivity index (χ0) is 20.4. The molecule has 0 spiro atoms. The van der Waals surface area contributed by atoms with Crippen molar-refractivity contribution in [1.29, 1.82) is 0 Å². The van der Waals surface area contributed by atoms with Crippen molar-refractivity contribution in [3.8, 4) is 5.75 Å². The van der Waals surface area contributed by atoms with Crippen LogP contribution in [0.5, 0.6) is 5.75 Å². The molecule has 1 saturated heterocycles. The topological polar surface area (TPSA) is 88.8 Å². The predicted molar refractivity (Wildman–Crippen MR) is 107 cm³/mol. The van der Waals surface area contributed by atoms with Crippen LogP contribution in [0.1, 0.15) is 41.0 Å². The highest BCUT2D eigenvalue weighted by Gasteiger charge is 2.29. The first-order chi connectivity index (χ1) is 14.0. The number of likely N-dealkylation sites (tertiary alicyclic amines) is 1. The molecule has 29 heavy (non-hydrogen) atoms. The summed E-state index contributed by atoms with van der Waals surface area (Å²) in [4.78, 5) is 26.1. The maximum atomic E-state index is 12.7. The fourth-order valence-electron chi connectivity index (χ4n) is 3.65. The van der Waals surface area contributed by atoms with Crippen LogP contribution in [0.25, 0.3) is 5.65 Å². The van der Waals surface area contributed by atoms with Gasteiger partial charge in [0, 0.05) is 38.7 Å². The van der Waals surface area contributed by atoms with Crippen LogP contribution in [0, 0.1) is 0 Å². The normalized spacial score (nSPS) is 16.2. The molecule has 2 amide bonds. The van der Waals surface area contributed by atoms with Gasteiger partial charge in [0.05, 0.1) is 12.7 Å². The molecule has 2 aromatic heterocycles. The number of pyridine rings is 1. The van der Waals surface area contributed by atoms with Crippen LogP contribution in [0.15, 0.2) is 42.6 Å². The predicted octanol–water partition coefficient (Wildman–Crippen LogP) is 2.00. The molecule has 0 saturated carbocycles. The van der Waals surface area contributed by atoms with Gasteiger partial charge < -0.3 is 15.0 Å². The molecule has 1 N–H and O–H groups in total. The molecule has 1 aromatic carbocycles. The highest BCUT2D eigenvalue weighted by Crippen LogP contribution is 2.26. The highest BCUT2D eigenvalue weighted by atomic mass is 16.5. The van der Waals surface area contributed by atoms with Crippen molar-refractivity contribution in [2.75, 3.05) is 20.2 Å². The molecule has 1 aliphatic heterocycles. The van der Waals surface area contributed by atoms with E-state index in [-0.39, 0.29) is 17.7 Å². The molecule has 8 nitrogen and oxygen atoms in total. The molecule has 4 rings (SSSR count). The highest BCUT2D eigenvalue weighted by molar-refractivity contribution is 5.94. The number of fused-ring (bicyclic) bond motifs is 1. The van der Waals surface area contributed by atoms with E-state index in [2.05, 4.69) is 15.5 Å². The van der Waals surface area contributed by atoms with Gasteiger partial charge in [-0.05, 0) is 36.2 Å². The van der Waals surface area contributed by atoms with E-state index in [0.29, 0.717) is 24.3 Å². The Morgan fingerprint density at radius 1 is 1.24 bits per heavy atom. The van der Waals surface area contributed by atoms with Crippen LogP contribution in [0.3, 0.4) is 0 Å². The first kappa shape index (κ1) is 18.9. The molecule has 1 atom stereocenters. The van der Waals surface area contributed by atoms with Gasteiger partial charge in [0.2, 0.25) is 5.91 Å². The minimum atomic E-state index is -0.175. The van der Waals surface area contributed by atoms with E-state index in [9.17, 15) is 9.59 Å². The number of aromatic nitrogens is 3. The Balaban J connectivity index is 1.50. The summed E-state index contributed by atoms with van der Waals surface area (Å²) < 4.78 is 7.07. The maximum Gasteiger partial charge on any atom is 0.253 e.